The topological polar surface area (TPSA) is 9.23 Å². The van der Waals surface area contributed by atoms with Crippen LogP contribution in [-0.2, 0) is 4.74 Å². The van der Waals surface area contributed by atoms with Crippen LogP contribution in [0.2, 0.25) is 0 Å². The van der Waals surface area contributed by atoms with Crippen LogP contribution in [-0.4, -0.2) is 7.11 Å². The van der Waals surface area contributed by atoms with Gasteiger partial charge in [0, 0.05) is 0 Å². The van der Waals surface area contributed by atoms with Crippen LogP contribution < -0.4 is 0 Å². The van der Waals surface area contributed by atoms with E-state index in [1.165, 1.54) is 0 Å². The molecule has 0 aliphatic heterocycles. The molecule has 0 heterocycles. The van der Waals surface area contributed by atoms with Crippen molar-refractivity contribution in [3.8, 4) is 0 Å². The van der Waals surface area contributed by atoms with Crippen molar-refractivity contribution in [2.24, 2.45) is 5.41 Å². The van der Waals surface area contributed by atoms with Crippen molar-refractivity contribution in [2.45, 2.75) is 27.2 Å². The molecule has 0 saturated heterocycles. The highest BCUT2D eigenvalue weighted by Crippen LogP contribution is 2.18. The first-order valence-corrected chi connectivity index (χ1v) is 3.24. The van der Waals surface area contributed by atoms with Gasteiger partial charge in [0.15, 0.2) is 0 Å². The van der Waals surface area contributed by atoms with Gasteiger partial charge in [-0.25, -0.2) is 0 Å². The van der Waals surface area contributed by atoms with E-state index in [4.69, 9.17) is 4.74 Å². The third-order valence-electron chi connectivity index (χ3n) is 0.963. The zero-order valence-electron chi connectivity index (χ0n) is 6.77. The highest BCUT2D eigenvalue weighted by molar-refractivity contribution is 4.79. The Bertz CT molecular complexity index is 87.2. The normalized spacial score (nSPS) is 12.4. The Kier molecular flexibility index (Phi) is 3.36. The van der Waals surface area contributed by atoms with E-state index >= 15 is 0 Å². The number of methoxy groups -OCH3 is 1. The van der Waals surface area contributed by atoms with Crippen LogP contribution in [0.15, 0.2) is 12.3 Å². The summed E-state index contributed by atoms with van der Waals surface area (Å²) in [6.07, 6.45) is 4.84. The lowest BCUT2D eigenvalue weighted by Crippen LogP contribution is -2.01. The van der Waals surface area contributed by atoms with Gasteiger partial charge in [-0.05, 0) is 17.9 Å². The largest absolute Gasteiger partial charge is 0.505 e. The zero-order valence-corrected chi connectivity index (χ0v) is 6.77. The molecule has 1 nitrogen and oxygen atoms in total. The predicted molar refractivity (Wildman–Crippen MR) is 40.2 cm³/mol. The van der Waals surface area contributed by atoms with Crippen molar-refractivity contribution in [2.75, 3.05) is 7.11 Å². The van der Waals surface area contributed by atoms with Gasteiger partial charge in [0.1, 0.15) is 0 Å². The van der Waals surface area contributed by atoms with Crippen molar-refractivity contribution in [1.29, 1.82) is 0 Å². The third-order valence-corrected chi connectivity index (χ3v) is 0.963. The van der Waals surface area contributed by atoms with Crippen LogP contribution in [0.1, 0.15) is 27.2 Å². The van der Waals surface area contributed by atoms with E-state index in [0.29, 0.717) is 5.41 Å². The maximum absolute atomic E-state index is 4.76. The molecule has 0 aliphatic carbocycles. The number of hydrogen-bond donors (Lipinski definition) is 0. The minimum atomic E-state index is 0.384. The Hall–Kier alpha value is -0.460. The van der Waals surface area contributed by atoms with E-state index in [1.807, 2.05) is 6.08 Å². The molecule has 0 aromatic rings. The van der Waals surface area contributed by atoms with Crippen LogP contribution in [0.4, 0.5) is 0 Å². The second-order valence-corrected chi connectivity index (χ2v) is 3.37. The first-order valence-electron chi connectivity index (χ1n) is 3.24. The Labute approximate surface area is 57.7 Å². The van der Waals surface area contributed by atoms with Crippen molar-refractivity contribution in [3.63, 3.8) is 0 Å². The smallest absolute Gasteiger partial charge is 0.0784 e. The monoisotopic (exact) mass is 128 g/mol. The summed E-state index contributed by atoms with van der Waals surface area (Å²) in [7, 11) is 1.67. The molecule has 0 aliphatic rings. The summed E-state index contributed by atoms with van der Waals surface area (Å²) in [6, 6.07) is 0. The second-order valence-electron chi connectivity index (χ2n) is 3.37. The quantitative estimate of drug-likeness (QED) is 0.519. The number of allylic oxidation sites excluding steroid dienone is 1. The lowest BCUT2D eigenvalue weighted by atomic mass is 9.93. The minimum absolute atomic E-state index is 0.384. The predicted octanol–water partition coefficient (Wildman–Crippen LogP) is 2.58. The summed E-state index contributed by atoms with van der Waals surface area (Å²) in [5.74, 6) is 0. The van der Waals surface area contributed by atoms with Crippen LogP contribution >= 0.6 is 0 Å². The minimum Gasteiger partial charge on any atom is -0.505 e. The van der Waals surface area contributed by atoms with Crippen molar-refractivity contribution < 1.29 is 4.74 Å². The van der Waals surface area contributed by atoms with Gasteiger partial charge in [-0.2, -0.15) is 0 Å². The summed E-state index contributed by atoms with van der Waals surface area (Å²) >= 11 is 0. The molecule has 0 aromatic carbocycles. The van der Waals surface area contributed by atoms with Crippen molar-refractivity contribution >= 4 is 0 Å². The van der Waals surface area contributed by atoms with Crippen LogP contribution in [0.3, 0.4) is 0 Å². The van der Waals surface area contributed by atoms with Gasteiger partial charge >= 0.3 is 0 Å². The molecule has 0 radical (unpaired) electrons. The molecular weight excluding hydrogens is 112 g/mol. The molecule has 0 bridgehead atoms. The standard InChI is InChI=1S/C8H16O/c1-8(2,3)6-5-7-9-4/h5,7H,6H2,1-4H3. The number of ether oxygens (including phenoxy) is 1. The molecule has 0 unspecified atom stereocenters. The van der Waals surface area contributed by atoms with E-state index in [2.05, 4.69) is 20.8 Å². The third kappa shape index (κ3) is 7.54. The van der Waals surface area contributed by atoms with Crippen molar-refractivity contribution in [3.05, 3.63) is 12.3 Å². The van der Waals surface area contributed by atoms with Gasteiger partial charge in [0.25, 0.3) is 0 Å². The van der Waals surface area contributed by atoms with E-state index in [-0.39, 0.29) is 0 Å². The molecule has 0 rings (SSSR count). The number of hydrogen-bond acceptors (Lipinski definition) is 1. The molecule has 0 N–H and O–H groups in total. The molecular formula is C8H16O. The summed E-state index contributed by atoms with van der Waals surface area (Å²) in [6.45, 7) is 6.60. The van der Waals surface area contributed by atoms with E-state index in [9.17, 15) is 0 Å². The first-order chi connectivity index (χ1) is 4.06. The highest BCUT2D eigenvalue weighted by atomic mass is 16.5. The highest BCUT2D eigenvalue weighted by Gasteiger charge is 2.05. The summed E-state index contributed by atoms with van der Waals surface area (Å²) < 4.78 is 4.76. The Balaban J connectivity index is 3.38. The maximum Gasteiger partial charge on any atom is 0.0784 e. The van der Waals surface area contributed by atoms with Gasteiger partial charge in [-0.1, -0.05) is 20.8 Å². The van der Waals surface area contributed by atoms with Gasteiger partial charge in [0.05, 0.1) is 13.4 Å². The van der Waals surface area contributed by atoms with Crippen LogP contribution in [0.25, 0.3) is 0 Å². The van der Waals surface area contributed by atoms with Gasteiger partial charge in [-0.15, -0.1) is 0 Å². The van der Waals surface area contributed by atoms with E-state index in [1.54, 1.807) is 13.4 Å². The molecule has 54 valence electrons. The fourth-order valence-electron chi connectivity index (χ4n) is 0.498. The van der Waals surface area contributed by atoms with E-state index in [0.717, 1.165) is 6.42 Å². The lowest BCUT2D eigenvalue weighted by molar-refractivity contribution is 0.330. The molecule has 0 amide bonds. The van der Waals surface area contributed by atoms with Crippen molar-refractivity contribution in [1.82, 2.24) is 0 Å². The molecule has 1 heteroatoms. The van der Waals surface area contributed by atoms with E-state index < -0.39 is 0 Å². The molecule has 0 atom stereocenters. The Morgan fingerprint density at radius 1 is 1.33 bits per heavy atom. The lowest BCUT2D eigenvalue weighted by Gasteiger charge is -2.13. The van der Waals surface area contributed by atoms with Gasteiger partial charge in [0.2, 0.25) is 0 Å². The zero-order chi connectivity index (χ0) is 7.33. The second kappa shape index (κ2) is 3.54. The fraction of sp³-hybridized carbons (Fsp3) is 0.750. The average molecular weight is 128 g/mol. The molecule has 0 spiro atoms. The molecule has 0 aromatic heterocycles. The summed E-state index contributed by atoms with van der Waals surface area (Å²) in [4.78, 5) is 0. The Morgan fingerprint density at radius 2 is 1.89 bits per heavy atom. The van der Waals surface area contributed by atoms with Gasteiger partial charge in [-0.3, -0.25) is 0 Å². The maximum atomic E-state index is 4.76. The Morgan fingerprint density at radius 3 is 2.22 bits per heavy atom. The summed E-state index contributed by atoms with van der Waals surface area (Å²) in [5.41, 5.74) is 0.384. The molecule has 0 fully saturated rings. The van der Waals surface area contributed by atoms with Crippen LogP contribution in [0, 0.1) is 5.41 Å². The molecule has 0 saturated carbocycles. The van der Waals surface area contributed by atoms with Crippen LogP contribution in [0.5, 0.6) is 0 Å². The average Bonchev–Trinajstić information content (AvgIpc) is 1.63. The first kappa shape index (κ1) is 8.54. The fourth-order valence-corrected chi connectivity index (χ4v) is 0.498. The van der Waals surface area contributed by atoms with Gasteiger partial charge < -0.3 is 4.74 Å². The SMILES string of the molecule is COC=CCC(C)(C)C. The number of rotatable bonds is 2. The summed E-state index contributed by atoms with van der Waals surface area (Å²) in [5, 5.41) is 0. The molecule has 9 heavy (non-hydrogen) atoms.